The van der Waals surface area contributed by atoms with Crippen molar-refractivity contribution in [1.29, 1.82) is 0 Å². The summed E-state index contributed by atoms with van der Waals surface area (Å²) < 4.78 is 2.02. The van der Waals surface area contributed by atoms with Gasteiger partial charge >= 0.3 is 0 Å². The number of fused-ring (bicyclic) bond motifs is 1. The van der Waals surface area contributed by atoms with Crippen molar-refractivity contribution in [3.63, 3.8) is 0 Å². The quantitative estimate of drug-likeness (QED) is 0.547. The molecule has 0 fully saturated rings. The lowest BCUT2D eigenvalue weighted by molar-refractivity contribution is 0.0904. The number of carbonyl (C=O) groups excluding carboxylic acids is 2. The Bertz CT molecular complexity index is 1150. The minimum Gasteiger partial charge on any atom is -0.345 e. The van der Waals surface area contributed by atoms with Crippen molar-refractivity contribution in [2.24, 2.45) is 0 Å². The lowest BCUT2D eigenvalue weighted by atomic mass is 10.1. The third-order valence-corrected chi connectivity index (χ3v) is 4.52. The van der Waals surface area contributed by atoms with Crippen molar-refractivity contribution in [1.82, 2.24) is 19.9 Å². The molecule has 2 heterocycles. The molecule has 0 bridgehead atoms. The maximum absolute atomic E-state index is 12.4. The summed E-state index contributed by atoms with van der Waals surface area (Å²) in [5, 5.41) is 2.66. The highest BCUT2D eigenvalue weighted by atomic mass is 16.2. The fourth-order valence-corrected chi connectivity index (χ4v) is 3.13. The standard InChI is InChI=1S/C22H18N4O2/c1-15-25-19-13-23-12-11-20(19)26(15)18-9-7-16(8-10-18)21(27)14-24-22(28)17-5-3-2-4-6-17/h2-13H,14H2,1H3,(H,24,28). The van der Waals surface area contributed by atoms with Gasteiger partial charge in [0.25, 0.3) is 5.91 Å². The largest absolute Gasteiger partial charge is 0.345 e. The van der Waals surface area contributed by atoms with Crippen LogP contribution >= 0.6 is 0 Å². The Morgan fingerprint density at radius 3 is 2.46 bits per heavy atom. The van der Waals surface area contributed by atoms with Gasteiger partial charge in [-0.2, -0.15) is 0 Å². The number of rotatable bonds is 5. The zero-order valence-electron chi connectivity index (χ0n) is 15.3. The number of hydrogen-bond donors (Lipinski definition) is 1. The van der Waals surface area contributed by atoms with Gasteiger partial charge in [0.2, 0.25) is 0 Å². The molecule has 6 nitrogen and oxygen atoms in total. The third kappa shape index (κ3) is 3.40. The van der Waals surface area contributed by atoms with E-state index in [1.165, 1.54) is 0 Å². The average Bonchev–Trinajstić information content (AvgIpc) is 3.08. The van der Waals surface area contributed by atoms with Crippen molar-refractivity contribution < 1.29 is 9.59 Å². The summed E-state index contributed by atoms with van der Waals surface area (Å²) in [6, 6.07) is 18.0. The predicted octanol–water partition coefficient (Wildman–Crippen LogP) is 3.34. The van der Waals surface area contributed by atoms with E-state index >= 15 is 0 Å². The molecule has 6 heteroatoms. The van der Waals surface area contributed by atoms with Crippen LogP contribution in [0.5, 0.6) is 0 Å². The Balaban J connectivity index is 1.49. The van der Waals surface area contributed by atoms with Gasteiger partial charge < -0.3 is 5.32 Å². The molecular formula is C22H18N4O2. The minimum absolute atomic E-state index is 0.0498. The second kappa shape index (κ2) is 7.44. The summed E-state index contributed by atoms with van der Waals surface area (Å²) in [5.41, 5.74) is 3.77. The summed E-state index contributed by atoms with van der Waals surface area (Å²) in [6.07, 6.45) is 3.46. The first kappa shape index (κ1) is 17.6. The molecule has 0 saturated heterocycles. The normalized spacial score (nSPS) is 10.8. The van der Waals surface area contributed by atoms with E-state index in [0.717, 1.165) is 22.5 Å². The van der Waals surface area contributed by atoms with E-state index in [-0.39, 0.29) is 18.2 Å². The second-order valence-corrected chi connectivity index (χ2v) is 6.38. The number of pyridine rings is 1. The van der Waals surface area contributed by atoms with Crippen molar-refractivity contribution in [3.05, 3.63) is 90.0 Å². The van der Waals surface area contributed by atoms with Gasteiger partial charge in [-0.3, -0.25) is 19.1 Å². The maximum Gasteiger partial charge on any atom is 0.251 e. The number of benzene rings is 2. The van der Waals surface area contributed by atoms with E-state index < -0.39 is 0 Å². The molecule has 0 spiro atoms. The molecule has 0 aliphatic carbocycles. The molecule has 4 aromatic rings. The van der Waals surface area contributed by atoms with Crippen LogP contribution in [0.3, 0.4) is 0 Å². The van der Waals surface area contributed by atoms with Crippen LogP contribution in [0, 0.1) is 6.92 Å². The Morgan fingerprint density at radius 2 is 1.71 bits per heavy atom. The molecule has 138 valence electrons. The highest BCUT2D eigenvalue weighted by molar-refractivity contribution is 6.02. The van der Waals surface area contributed by atoms with Crippen molar-refractivity contribution in [3.8, 4) is 5.69 Å². The first-order valence-electron chi connectivity index (χ1n) is 8.89. The van der Waals surface area contributed by atoms with Crippen LogP contribution in [0.15, 0.2) is 73.1 Å². The fourth-order valence-electron chi connectivity index (χ4n) is 3.13. The number of carbonyl (C=O) groups is 2. The molecule has 0 unspecified atom stereocenters. The number of hydrogen-bond acceptors (Lipinski definition) is 4. The molecule has 4 rings (SSSR count). The van der Waals surface area contributed by atoms with E-state index in [1.54, 1.807) is 48.8 Å². The van der Waals surface area contributed by atoms with Gasteiger partial charge in [0, 0.05) is 23.0 Å². The van der Waals surface area contributed by atoms with Gasteiger partial charge in [0.05, 0.1) is 18.3 Å². The highest BCUT2D eigenvalue weighted by Gasteiger charge is 2.12. The number of imidazole rings is 1. The number of Topliss-reactive ketones (excluding diaryl/α,β-unsaturated/α-hetero) is 1. The Hall–Kier alpha value is -3.80. The molecule has 2 aromatic carbocycles. The molecule has 0 atom stereocenters. The lowest BCUT2D eigenvalue weighted by Gasteiger charge is -2.09. The van der Waals surface area contributed by atoms with Crippen LogP contribution < -0.4 is 5.32 Å². The number of aromatic nitrogens is 3. The number of nitrogens with zero attached hydrogens (tertiary/aromatic N) is 3. The lowest BCUT2D eigenvalue weighted by Crippen LogP contribution is -2.29. The van der Waals surface area contributed by atoms with Gasteiger partial charge in [-0.25, -0.2) is 4.98 Å². The van der Waals surface area contributed by atoms with Crippen LogP contribution in [-0.4, -0.2) is 32.8 Å². The van der Waals surface area contributed by atoms with Crippen molar-refractivity contribution in [2.75, 3.05) is 6.54 Å². The average molecular weight is 370 g/mol. The first-order valence-corrected chi connectivity index (χ1v) is 8.89. The number of amides is 1. The van der Waals surface area contributed by atoms with Gasteiger partial charge in [-0.1, -0.05) is 18.2 Å². The third-order valence-electron chi connectivity index (χ3n) is 4.52. The Kier molecular flexibility index (Phi) is 4.68. The SMILES string of the molecule is Cc1nc2cnccc2n1-c1ccc(C(=O)CNC(=O)c2ccccc2)cc1. The van der Waals surface area contributed by atoms with Gasteiger partial charge in [-0.05, 0) is 49.4 Å². The van der Waals surface area contributed by atoms with Crippen molar-refractivity contribution >= 4 is 22.7 Å². The van der Waals surface area contributed by atoms with Gasteiger partial charge in [-0.15, -0.1) is 0 Å². The zero-order valence-corrected chi connectivity index (χ0v) is 15.3. The topological polar surface area (TPSA) is 76.9 Å². The predicted molar refractivity (Wildman–Crippen MR) is 107 cm³/mol. The summed E-state index contributed by atoms with van der Waals surface area (Å²) >= 11 is 0. The molecule has 0 aliphatic heterocycles. The molecule has 0 radical (unpaired) electrons. The summed E-state index contributed by atoms with van der Waals surface area (Å²) in [7, 11) is 0. The summed E-state index contributed by atoms with van der Waals surface area (Å²) in [5.74, 6) is 0.434. The highest BCUT2D eigenvalue weighted by Crippen LogP contribution is 2.20. The molecule has 0 aliphatic rings. The number of aryl methyl sites for hydroxylation is 1. The number of nitrogens with one attached hydrogen (secondary N) is 1. The van der Waals surface area contributed by atoms with E-state index in [1.807, 2.05) is 35.8 Å². The Labute approximate surface area is 161 Å². The van der Waals surface area contributed by atoms with Crippen LogP contribution in [0.4, 0.5) is 0 Å². The van der Waals surface area contributed by atoms with E-state index in [4.69, 9.17) is 0 Å². The Morgan fingerprint density at radius 1 is 0.964 bits per heavy atom. The summed E-state index contributed by atoms with van der Waals surface area (Å²) in [6.45, 7) is 1.88. The fraction of sp³-hybridized carbons (Fsp3) is 0.0909. The van der Waals surface area contributed by atoms with Gasteiger partial charge in [0.1, 0.15) is 11.3 Å². The van der Waals surface area contributed by atoms with Crippen molar-refractivity contribution in [2.45, 2.75) is 6.92 Å². The molecule has 2 aromatic heterocycles. The van der Waals surface area contributed by atoms with E-state index in [9.17, 15) is 9.59 Å². The van der Waals surface area contributed by atoms with Gasteiger partial charge in [0.15, 0.2) is 5.78 Å². The van der Waals surface area contributed by atoms with Crippen LogP contribution in [0.1, 0.15) is 26.5 Å². The molecule has 1 N–H and O–H groups in total. The van der Waals surface area contributed by atoms with Crippen LogP contribution in [0.25, 0.3) is 16.7 Å². The number of ketones is 1. The van der Waals surface area contributed by atoms with E-state index in [2.05, 4.69) is 15.3 Å². The summed E-state index contributed by atoms with van der Waals surface area (Å²) in [4.78, 5) is 33.1. The minimum atomic E-state index is -0.264. The van der Waals surface area contributed by atoms with E-state index in [0.29, 0.717) is 11.1 Å². The molecule has 1 amide bonds. The molecular weight excluding hydrogens is 352 g/mol. The molecule has 0 saturated carbocycles. The first-order chi connectivity index (χ1) is 13.6. The molecule has 28 heavy (non-hydrogen) atoms. The maximum atomic E-state index is 12.4. The monoisotopic (exact) mass is 370 g/mol. The second-order valence-electron chi connectivity index (χ2n) is 6.38. The zero-order chi connectivity index (χ0) is 19.5. The smallest absolute Gasteiger partial charge is 0.251 e. The van der Waals surface area contributed by atoms with Crippen LogP contribution in [0.2, 0.25) is 0 Å². The van der Waals surface area contributed by atoms with Crippen LogP contribution in [-0.2, 0) is 0 Å².